The van der Waals surface area contributed by atoms with Gasteiger partial charge < -0.3 is 19.4 Å². The lowest BCUT2D eigenvalue weighted by Gasteiger charge is -2.25. The molecule has 0 aliphatic carbocycles. The molecule has 2 aromatic carbocycles. The van der Waals surface area contributed by atoms with Crippen LogP contribution >= 0.6 is 0 Å². The highest BCUT2D eigenvalue weighted by molar-refractivity contribution is 6.07. The van der Waals surface area contributed by atoms with E-state index in [2.05, 4.69) is 10.3 Å². The Hall–Kier alpha value is -3.61. The second-order valence-electron chi connectivity index (χ2n) is 7.17. The van der Waals surface area contributed by atoms with E-state index in [1.165, 1.54) is 0 Å². The first-order valence-corrected chi connectivity index (χ1v) is 9.86. The lowest BCUT2D eigenvalue weighted by molar-refractivity contribution is -0.121. The predicted molar refractivity (Wildman–Crippen MR) is 112 cm³/mol. The number of carbonyl (C=O) groups excluding carboxylic acids is 2. The predicted octanol–water partition coefficient (Wildman–Crippen LogP) is 3.24. The van der Waals surface area contributed by atoms with Crippen LogP contribution in [-0.4, -0.2) is 34.5 Å². The number of amides is 1. The molecule has 1 aliphatic rings. The number of fused-ring (bicyclic) bond motifs is 1. The third-order valence-electron chi connectivity index (χ3n) is 5.06. The summed E-state index contributed by atoms with van der Waals surface area (Å²) in [5.41, 5.74) is 2.11. The van der Waals surface area contributed by atoms with E-state index in [1.54, 1.807) is 48.3 Å². The van der Waals surface area contributed by atoms with Gasteiger partial charge >= 0.3 is 0 Å². The zero-order valence-corrected chi connectivity index (χ0v) is 16.9. The number of imidazole rings is 1. The van der Waals surface area contributed by atoms with Crippen LogP contribution in [0, 0.1) is 5.92 Å². The van der Waals surface area contributed by atoms with Gasteiger partial charge in [0.05, 0.1) is 12.5 Å². The second-order valence-corrected chi connectivity index (χ2v) is 7.17. The molecule has 0 fully saturated rings. The molecular formula is C23H23N3O4. The number of rotatable bonds is 6. The van der Waals surface area contributed by atoms with Crippen molar-refractivity contribution in [3.8, 4) is 11.5 Å². The van der Waals surface area contributed by atoms with Gasteiger partial charge in [-0.3, -0.25) is 9.59 Å². The van der Waals surface area contributed by atoms with Crippen LogP contribution in [0.4, 0.5) is 5.69 Å². The first kappa shape index (κ1) is 19.7. The average molecular weight is 405 g/mol. The summed E-state index contributed by atoms with van der Waals surface area (Å²) in [7, 11) is 1.77. The van der Waals surface area contributed by atoms with Crippen LogP contribution in [0.1, 0.15) is 28.7 Å². The Labute approximate surface area is 174 Å². The van der Waals surface area contributed by atoms with Gasteiger partial charge in [-0.2, -0.15) is 0 Å². The normalized spacial score (nSPS) is 15.1. The molecule has 0 saturated heterocycles. The van der Waals surface area contributed by atoms with Gasteiger partial charge in [-0.15, -0.1) is 0 Å². The maximum absolute atomic E-state index is 12.7. The van der Waals surface area contributed by atoms with Crippen LogP contribution in [0.25, 0.3) is 0 Å². The number of hydrogen-bond acceptors (Lipinski definition) is 5. The lowest BCUT2D eigenvalue weighted by atomic mass is 9.95. The topological polar surface area (TPSA) is 82.5 Å². The van der Waals surface area contributed by atoms with E-state index >= 15 is 0 Å². The molecule has 154 valence electrons. The molecule has 0 spiro atoms. The van der Waals surface area contributed by atoms with Gasteiger partial charge in [0.25, 0.3) is 0 Å². The second kappa shape index (κ2) is 8.41. The summed E-state index contributed by atoms with van der Waals surface area (Å²) in [6, 6.07) is 12.5. The van der Waals surface area contributed by atoms with Crippen molar-refractivity contribution >= 4 is 17.4 Å². The molecule has 1 aliphatic heterocycles. The monoisotopic (exact) mass is 405 g/mol. The van der Waals surface area contributed by atoms with Crippen molar-refractivity contribution in [2.75, 3.05) is 18.5 Å². The summed E-state index contributed by atoms with van der Waals surface area (Å²) in [5, 5.41) is 2.91. The molecule has 7 heteroatoms. The molecule has 1 aromatic heterocycles. The molecule has 3 aromatic rings. The smallest absolute Gasteiger partial charge is 0.231 e. The molecule has 0 saturated carbocycles. The fraction of sp³-hybridized carbons (Fsp3) is 0.261. The van der Waals surface area contributed by atoms with Crippen molar-refractivity contribution in [3.63, 3.8) is 0 Å². The van der Waals surface area contributed by atoms with Gasteiger partial charge in [-0.1, -0.05) is 0 Å². The number of benzene rings is 2. The van der Waals surface area contributed by atoms with Crippen LogP contribution < -0.4 is 14.8 Å². The third-order valence-corrected chi connectivity index (χ3v) is 5.06. The van der Waals surface area contributed by atoms with Crippen LogP contribution in [-0.2, 0) is 18.3 Å². The summed E-state index contributed by atoms with van der Waals surface area (Å²) in [4.78, 5) is 29.3. The number of aryl methyl sites for hydroxylation is 1. The van der Waals surface area contributed by atoms with Crippen LogP contribution in [0.3, 0.4) is 0 Å². The summed E-state index contributed by atoms with van der Waals surface area (Å²) in [6.45, 7) is 2.84. The Balaban J connectivity index is 1.41. The van der Waals surface area contributed by atoms with Crippen LogP contribution in [0.2, 0.25) is 0 Å². The molecule has 0 bridgehead atoms. The summed E-state index contributed by atoms with van der Waals surface area (Å²) in [6.07, 6.45) is 3.89. The maximum Gasteiger partial charge on any atom is 0.231 e. The minimum atomic E-state index is -0.303. The lowest BCUT2D eigenvalue weighted by Crippen LogP contribution is -2.32. The number of carbonyl (C=O) groups is 2. The van der Waals surface area contributed by atoms with Crippen molar-refractivity contribution in [3.05, 3.63) is 71.8 Å². The standard InChI is InChI=1S/C23H23N3O4/c1-3-29-19-8-9-20-16(13-19)12-17(14-30-20)23(28)25-18-6-4-15(5-7-18)21(27)22-24-10-11-26(22)2/h4-11,13,17H,3,12,14H2,1-2H3,(H,25,28). The zero-order valence-electron chi connectivity index (χ0n) is 16.9. The van der Waals surface area contributed by atoms with Crippen molar-refractivity contribution in [2.45, 2.75) is 13.3 Å². The summed E-state index contributed by atoms with van der Waals surface area (Å²) >= 11 is 0. The molecule has 1 atom stereocenters. The van der Waals surface area contributed by atoms with Crippen molar-refractivity contribution in [1.29, 1.82) is 0 Å². The Morgan fingerprint density at radius 2 is 2.03 bits per heavy atom. The molecule has 0 radical (unpaired) electrons. The fourth-order valence-corrected chi connectivity index (χ4v) is 3.46. The highest BCUT2D eigenvalue weighted by Gasteiger charge is 2.26. The summed E-state index contributed by atoms with van der Waals surface area (Å²) in [5.74, 6) is 1.35. The van der Waals surface area contributed by atoms with E-state index in [1.807, 2.05) is 25.1 Å². The van der Waals surface area contributed by atoms with Crippen molar-refractivity contribution < 1.29 is 19.1 Å². The Bertz CT molecular complexity index is 1070. The van der Waals surface area contributed by atoms with Gasteiger partial charge in [-0.25, -0.2) is 4.98 Å². The first-order valence-electron chi connectivity index (χ1n) is 9.86. The molecule has 2 heterocycles. The van der Waals surface area contributed by atoms with E-state index in [-0.39, 0.29) is 17.6 Å². The number of ether oxygens (including phenoxy) is 2. The van der Waals surface area contributed by atoms with Crippen molar-refractivity contribution in [1.82, 2.24) is 9.55 Å². The number of ketones is 1. The minimum Gasteiger partial charge on any atom is -0.494 e. The Kier molecular flexibility index (Phi) is 5.52. The third kappa shape index (κ3) is 4.05. The van der Waals surface area contributed by atoms with E-state index < -0.39 is 0 Å². The Morgan fingerprint density at radius 1 is 1.23 bits per heavy atom. The summed E-state index contributed by atoms with van der Waals surface area (Å²) < 4.78 is 13.0. The van der Waals surface area contributed by atoms with Gasteiger partial charge in [0.2, 0.25) is 11.7 Å². The van der Waals surface area contributed by atoms with Gasteiger partial charge in [-0.05, 0) is 61.4 Å². The fourth-order valence-electron chi connectivity index (χ4n) is 3.46. The maximum atomic E-state index is 12.7. The van der Waals surface area contributed by atoms with E-state index in [0.29, 0.717) is 36.7 Å². The largest absolute Gasteiger partial charge is 0.494 e. The molecule has 1 N–H and O–H groups in total. The zero-order chi connectivity index (χ0) is 21.1. The van der Waals surface area contributed by atoms with Gasteiger partial charge in [0, 0.05) is 30.7 Å². The number of hydrogen-bond donors (Lipinski definition) is 1. The van der Waals surface area contributed by atoms with Crippen LogP contribution in [0.15, 0.2) is 54.9 Å². The van der Waals surface area contributed by atoms with E-state index in [0.717, 1.165) is 17.1 Å². The molecule has 7 nitrogen and oxygen atoms in total. The molecule has 4 rings (SSSR count). The molecule has 1 amide bonds. The molecule has 1 unspecified atom stereocenters. The minimum absolute atomic E-state index is 0.120. The van der Waals surface area contributed by atoms with Crippen molar-refractivity contribution in [2.24, 2.45) is 13.0 Å². The molecular weight excluding hydrogens is 382 g/mol. The molecule has 30 heavy (non-hydrogen) atoms. The SMILES string of the molecule is CCOc1ccc2c(c1)CC(C(=O)Nc1ccc(C(=O)c3nccn3C)cc1)CO2. The highest BCUT2D eigenvalue weighted by atomic mass is 16.5. The highest BCUT2D eigenvalue weighted by Crippen LogP contribution is 2.31. The number of nitrogens with zero attached hydrogens (tertiary/aromatic N) is 2. The number of anilines is 1. The van der Waals surface area contributed by atoms with Gasteiger partial charge in [0.15, 0.2) is 5.82 Å². The van der Waals surface area contributed by atoms with Gasteiger partial charge in [0.1, 0.15) is 18.1 Å². The number of nitrogens with one attached hydrogen (secondary N) is 1. The van der Waals surface area contributed by atoms with Crippen LogP contribution in [0.5, 0.6) is 11.5 Å². The first-order chi connectivity index (χ1) is 14.5. The van der Waals surface area contributed by atoms with E-state index in [9.17, 15) is 9.59 Å². The number of aromatic nitrogens is 2. The quantitative estimate of drug-likeness (QED) is 0.637. The Morgan fingerprint density at radius 3 is 2.73 bits per heavy atom. The van der Waals surface area contributed by atoms with E-state index in [4.69, 9.17) is 9.47 Å². The average Bonchev–Trinajstić information content (AvgIpc) is 3.19.